The number of hydrogen-bond donors (Lipinski definition) is 1. The van der Waals surface area contributed by atoms with Gasteiger partial charge in [-0.1, -0.05) is 0 Å². The van der Waals surface area contributed by atoms with E-state index in [0.717, 1.165) is 11.8 Å². The van der Waals surface area contributed by atoms with E-state index in [1.165, 1.54) is 26.2 Å². The number of fused-ring (bicyclic) bond motifs is 1. The summed E-state index contributed by atoms with van der Waals surface area (Å²) < 4.78 is 0. The maximum absolute atomic E-state index is 3.47. The molecule has 2 atom stereocenters. The Hall–Kier alpha value is -0.0800. The fourth-order valence-corrected chi connectivity index (χ4v) is 2.40. The van der Waals surface area contributed by atoms with Crippen LogP contribution in [0.3, 0.4) is 0 Å². The van der Waals surface area contributed by atoms with Gasteiger partial charge in [-0.05, 0) is 45.7 Å². The van der Waals surface area contributed by atoms with Crippen LogP contribution < -0.4 is 5.32 Å². The molecule has 0 saturated carbocycles. The van der Waals surface area contributed by atoms with E-state index < -0.39 is 0 Å². The van der Waals surface area contributed by atoms with Gasteiger partial charge in [-0.25, -0.2) is 0 Å². The second-order valence-electron chi connectivity index (χ2n) is 5.25. The van der Waals surface area contributed by atoms with Crippen LogP contribution in [0.2, 0.25) is 0 Å². The second kappa shape index (κ2) is 2.71. The Kier molecular flexibility index (Phi) is 1.92. The van der Waals surface area contributed by atoms with Crippen LogP contribution in [-0.4, -0.2) is 36.6 Å². The zero-order valence-corrected chi connectivity index (χ0v) is 8.43. The molecular weight excluding hydrogens is 148 g/mol. The van der Waals surface area contributed by atoms with Crippen LogP contribution in [0, 0.1) is 11.8 Å². The van der Waals surface area contributed by atoms with E-state index in [0.29, 0.717) is 5.54 Å². The summed E-state index contributed by atoms with van der Waals surface area (Å²) in [5.41, 5.74) is 0.379. The largest absolute Gasteiger partial charge is 0.316 e. The minimum absolute atomic E-state index is 0.379. The highest BCUT2D eigenvalue weighted by molar-refractivity contribution is 4.94. The normalized spacial score (nSPS) is 37.2. The molecule has 2 aliphatic heterocycles. The lowest BCUT2D eigenvalue weighted by Crippen LogP contribution is -2.41. The first-order chi connectivity index (χ1) is 5.57. The minimum Gasteiger partial charge on any atom is -0.316 e. The van der Waals surface area contributed by atoms with Gasteiger partial charge in [0.25, 0.3) is 0 Å². The molecule has 0 bridgehead atoms. The van der Waals surface area contributed by atoms with Crippen molar-refractivity contribution in [1.29, 1.82) is 0 Å². The minimum atomic E-state index is 0.379. The number of hydrogen-bond acceptors (Lipinski definition) is 2. The molecule has 2 aliphatic rings. The number of rotatable bonds is 0. The van der Waals surface area contributed by atoms with Gasteiger partial charge in [0.15, 0.2) is 0 Å². The first kappa shape index (κ1) is 8.52. The number of nitrogens with zero attached hydrogens (tertiary/aromatic N) is 1. The van der Waals surface area contributed by atoms with E-state index in [1.807, 2.05) is 0 Å². The molecule has 12 heavy (non-hydrogen) atoms. The van der Waals surface area contributed by atoms with Gasteiger partial charge in [0.2, 0.25) is 0 Å². The molecule has 0 unspecified atom stereocenters. The van der Waals surface area contributed by atoms with Gasteiger partial charge in [-0.2, -0.15) is 0 Å². The molecule has 0 aliphatic carbocycles. The molecule has 2 nitrogen and oxygen atoms in total. The van der Waals surface area contributed by atoms with Gasteiger partial charge in [-0.3, -0.25) is 4.90 Å². The Morgan fingerprint density at radius 1 is 1.08 bits per heavy atom. The summed E-state index contributed by atoms with van der Waals surface area (Å²) in [5, 5.41) is 3.47. The van der Waals surface area contributed by atoms with Crippen molar-refractivity contribution in [3.8, 4) is 0 Å². The summed E-state index contributed by atoms with van der Waals surface area (Å²) in [6.45, 7) is 12.1. The number of likely N-dealkylation sites (tertiary alicyclic amines) is 1. The quantitative estimate of drug-likeness (QED) is 0.579. The number of nitrogens with one attached hydrogen (secondary N) is 1. The van der Waals surface area contributed by atoms with Crippen molar-refractivity contribution in [2.24, 2.45) is 11.8 Å². The highest BCUT2D eigenvalue weighted by Gasteiger charge is 2.39. The van der Waals surface area contributed by atoms with Crippen molar-refractivity contribution in [3.05, 3.63) is 0 Å². The van der Waals surface area contributed by atoms with Crippen LogP contribution >= 0.6 is 0 Å². The molecule has 1 N–H and O–H groups in total. The predicted molar refractivity (Wildman–Crippen MR) is 51.2 cm³/mol. The van der Waals surface area contributed by atoms with E-state index in [2.05, 4.69) is 31.0 Å². The molecule has 0 spiro atoms. The van der Waals surface area contributed by atoms with Gasteiger partial charge >= 0.3 is 0 Å². The molecule has 70 valence electrons. The third-order valence-corrected chi connectivity index (χ3v) is 3.34. The van der Waals surface area contributed by atoms with Crippen LogP contribution in [0.5, 0.6) is 0 Å². The van der Waals surface area contributed by atoms with Crippen molar-refractivity contribution in [3.63, 3.8) is 0 Å². The molecule has 2 heterocycles. The first-order valence-corrected chi connectivity index (χ1v) is 5.03. The van der Waals surface area contributed by atoms with Crippen molar-refractivity contribution in [1.82, 2.24) is 10.2 Å². The standard InChI is InChI=1S/C10H20N2/c1-10(2,3)12-6-8-4-11-5-9(8)7-12/h8-9,11H,4-7H2,1-3H3/t8-,9-/m1/s1. The average molecular weight is 168 g/mol. The summed E-state index contributed by atoms with van der Waals surface area (Å²) in [5.74, 6) is 1.87. The lowest BCUT2D eigenvalue weighted by atomic mass is 10.0. The summed E-state index contributed by atoms with van der Waals surface area (Å²) in [4.78, 5) is 2.63. The van der Waals surface area contributed by atoms with Crippen LogP contribution in [-0.2, 0) is 0 Å². The summed E-state index contributed by atoms with van der Waals surface area (Å²) in [7, 11) is 0. The fourth-order valence-electron chi connectivity index (χ4n) is 2.40. The molecule has 0 aromatic heterocycles. The van der Waals surface area contributed by atoms with Crippen LogP contribution in [0.4, 0.5) is 0 Å². The summed E-state index contributed by atoms with van der Waals surface area (Å²) in [6.07, 6.45) is 0. The van der Waals surface area contributed by atoms with Gasteiger partial charge in [0.05, 0.1) is 0 Å². The van der Waals surface area contributed by atoms with Gasteiger partial charge in [0, 0.05) is 18.6 Å². The molecule has 0 aromatic rings. The summed E-state index contributed by atoms with van der Waals surface area (Å²) in [6, 6.07) is 0. The average Bonchev–Trinajstić information content (AvgIpc) is 2.37. The summed E-state index contributed by atoms with van der Waals surface area (Å²) >= 11 is 0. The van der Waals surface area contributed by atoms with Crippen molar-refractivity contribution in [2.75, 3.05) is 26.2 Å². The molecular formula is C10H20N2. The van der Waals surface area contributed by atoms with Crippen LogP contribution in [0.1, 0.15) is 20.8 Å². The SMILES string of the molecule is CC(C)(C)N1C[C@H]2CNC[C@@H]2C1. The van der Waals surface area contributed by atoms with Crippen LogP contribution in [0.15, 0.2) is 0 Å². The lowest BCUT2D eigenvalue weighted by Gasteiger charge is -2.32. The first-order valence-electron chi connectivity index (χ1n) is 5.03. The molecule has 2 fully saturated rings. The maximum Gasteiger partial charge on any atom is 0.0125 e. The molecule has 2 saturated heterocycles. The van der Waals surface area contributed by atoms with E-state index in [4.69, 9.17) is 0 Å². The topological polar surface area (TPSA) is 15.3 Å². The zero-order valence-electron chi connectivity index (χ0n) is 8.43. The molecule has 2 rings (SSSR count). The van der Waals surface area contributed by atoms with Crippen molar-refractivity contribution < 1.29 is 0 Å². The highest BCUT2D eigenvalue weighted by Crippen LogP contribution is 2.30. The monoisotopic (exact) mass is 168 g/mol. The molecule has 0 aromatic carbocycles. The van der Waals surface area contributed by atoms with E-state index in [-0.39, 0.29) is 0 Å². The van der Waals surface area contributed by atoms with Gasteiger partial charge in [0.1, 0.15) is 0 Å². The fraction of sp³-hybridized carbons (Fsp3) is 1.00. The van der Waals surface area contributed by atoms with Crippen LogP contribution in [0.25, 0.3) is 0 Å². The Labute approximate surface area is 75.3 Å². The predicted octanol–water partition coefficient (Wildman–Crippen LogP) is 0.936. The smallest absolute Gasteiger partial charge is 0.0125 e. The second-order valence-corrected chi connectivity index (χ2v) is 5.25. The third-order valence-electron chi connectivity index (χ3n) is 3.34. The van der Waals surface area contributed by atoms with E-state index in [1.54, 1.807) is 0 Å². The van der Waals surface area contributed by atoms with Crippen molar-refractivity contribution in [2.45, 2.75) is 26.3 Å². The van der Waals surface area contributed by atoms with E-state index in [9.17, 15) is 0 Å². The highest BCUT2D eigenvalue weighted by atomic mass is 15.2. The Bertz CT molecular complexity index is 159. The molecule has 0 radical (unpaired) electrons. The Morgan fingerprint density at radius 3 is 2.00 bits per heavy atom. The van der Waals surface area contributed by atoms with E-state index >= 15 is 0 Å². The van der Waals surface area contributed by atoms with Gasteiger partial charge < -0.3 is 5.32 Å². The van der Waals surface area contributed by atoms with Gasteiger partial charge in [-0.15, -0.1) is 0 Å². The molecule has 2 heteroatoms. The van der Waals surface area contributed by atoms with Crippen molar-refractivity contribution >= 4 is 0 Å². The third kappa shape index (κ3) is 1.38. The zero-order chi connectivity index (χ0) is 8.77. The Morgan fingerprint density at radius 2 is 1.58 bits per heavy atom. The Balaban J connectivity index is 1.99. The lowest BCUT2D eigenvalue weighted by molar-refractivity contribution is 0.162. The molecule has 0 amide bonds. The maximum atomic E-state index is 3.47.